The van der Waals surface area contributed by atoms with Gasteiger partial charge in [0.1, 0.15) is 5.52 Å². The van der Waals surface area contributed by atoms with Gasteiger partial charge in [-0.2, -0.15) is 10.2 Å². The summed E-state index contributed by atoms with van der Waals surface area (Å²) in [6.45, 7) is 7.06. The van der Waals surface area contributed by atoms with E-state index in [0.29, 0.717) is 6.54 Å². The summed E-state index contributed by atoms with van der Waals surface area (Å²) < 4.78 is 0. The summed E-state index contributed by atoms with van der Waals surface area (Å²) in [4.78, 5) is 13.7. The van der Waals surface area contributed by atoms with Crippen molar-refractivity contribution >= 4 is 33.4 Å². The van der Waals surface area contributed by atoms with Crippen molar-refractivity contribution in [3.63, 3.8) is 0 Å². The number of amides is 1. The SMILES string of the molecule is C=CC(=O)N1CCC(Nc2cnnc3c(-c4c(C)ccc5[nH]ncc45)cccc23)C1. The van der Waals surface area contributed by atoms with E-state index in [1.54, 1.807) is 6.20 Å². The van der Waals surface area contributed by atoms with Crippen LogP contribution in [0.1, 0.15) is 12.0 Å². The third kappa shape index (κ3) is 2.99. The highest BCUT2D eigenvalue weighted by Crippen LogP contribution is 2.36. The maximum absolute atomic E-state index is 11.9. The summed E-state index contributed by atoms with van der Waals surface area (Å²) in [5.41, 5.74) is 6.07. The maximum Gasteiger partial charge on any atom is 0.246 e. The molecule has 0 saturated carbocycles. The maximum atomic E-state index is 11.9. The van der Waals surface area contributed by atoms with E-state index in [9.17, 15) is 4.79 Å². The lowest BCUT2D eigenvalue weighted by Crippen LogP contribution is -2.30. The molecule has 7 nitrogen and oxygen atoms in total. The van der Waals surface area contributed by atoms with Crippen LogP contribution in [-0.4, -0.2) is 50.3 Å². The standard InChI is InChI=1S/C23H22N6O/c1-3-21(30)29-10-9-15(13-29)26-20-12-25-28-23-16(20)5-4-6-17(23)22-14(2)7-8-19-18(22)11-24-27-19/h3-8,11-12,15H,1,9-10,13H2,2H3,(H,24,27)(H,26,28). The number of carbonyl (C=O) groups is 1. The van der Waals surface area contributed by atoms with E-state index in [0.717, 1.165) is 57.1 Å². The van der Waals surface area contributed by atoms with Gasteiger partial charge in [-0.05, 0) is 36.6 Å². The van der Waals surface area contributed by atoms with E-state index in [1.807, 2.05) is 23.2 Å². The minimum absolute atomic E-state index is 0.0250. The molecule has 1 saturated heterocycles. The van der Waals surface area contributed by atoms with Crippen LogP contribution in [0.2, 0.25) is 0 Å². The zero-order chi connectivity index (χ0) is 20.7. The Bertz CT molecular complexity index is 1280. The van der Waals surface area contributed by atoms with Crippen LogP contribution in [0.4, 0.5) is 5.69 Å². The van der Waals surface area contributed by atoms with Crippen LogP contribution >= 0.6 is 0 Å². The molecule has 0 radical (unpaired) electrons. The lowest BCUT2D eigenvalue weighted by molar-refractivity contribution is -0.125. The van der Waals surface area contributed by atoms with E-state index in [-0.39, 0.29) is 11.9 Å². The zero-order valence-corrected chi connectivity index (χ0v) is 16.7. The molecule has 1 aliphatic heterocycles. The normalized spacial score (nSPS) is 16.3. The summed E-state index contributed by atoms with van der Waals surface area (Å²) in [6.07, 6.45) is 5.87. The molecule has 2 N–H and O–H groups in total. The fraction of sp³-hybridized carbons (Fsp3) is 0.217. The molecule has 4 aromatic rings. The molecule has 2 aromatic heterocycles. The number of likely N-dealkylation sites (tertiary alicyclic amines) is 1. The number of nitrogens with zero attached hydrogens (tertiary/aromatic N) is 4. The van der Waals surface area contributed by atoms with Crippen LogP contribution in [0.15, 0.2) is 55.4 Å². The summed E-state index contributed by atoms with van der Waals surface area (Å²) in [6, 6.07) is 10.5. The molecule has 0 bridgehead atoms. The largest absolute Gasteiger partial charge is 0.379 e. The van der Waals surface area contributed by atoms with Crippen LogP contribution in [0.3, 0.4) is 0 Å². The minimum Gasteiger partial charge on any atom is -0.379 e. The second kappa shape index (κ2) is 7.26. The Labute approximate surface area is 173 Å². The first-order valence-corrected chi connectivity index (χ1v) is 10.0. The number of hydrogen-bond donors (Lipinski definition) is 2. The Kier molecular flexibility index (Phi) is 4.43. The number of benzene rings is 2. The fourth-order valence-electron chi connectivity index (χ4n) is 4.31. The number of carbonyl (C=O) groups excluding carboxylic acids is 1. The molecular formula is C23H22N6O. The molecular weight excluding hydrogens is 376 g/mol. The van der Waals surface area contributed by atoms with Gasteiger partial charge in [0.05, 0.1) is 23.6 Å². The van der Waals surface area contributed by atoms with Gasteiger partial charge in [-0.25, -0.2) is 0 Å². The molecule has 1 aliphatic rings. The van der Waals surface area contributed by atoms with E-state index < -0.39 is 0 Å². The fourth-order valence-corrected chi connectivity index (χ4v) is 4.31. The summed E-state index contributed by atoms with van der Waals surface area (Å²) in [5, 5.41) is 21.7. The third-order valence-corrected chi connectivity index (χ3v) is 5.81. The van der Waals surface area contributed by atoms with Gasteiger partial charge < -0.3 is 10.2 Å². The number of hydrogen-bond acceptors (Lipinski definition) is 5. The van der Waals surface area contributed by atoms with Crippen LogP contribution in [0.25, 0.3) is 32.9 Å². The Balaban J connectivity index is 1.56. The predicted molar refractivity (Wildman–Crippen MR) is 118 cm³/mol. The molecule has 5 rings (SSSR count). The molecule has 2 aromatic carbocycles. The predicted octanol–water partition coefficient (Wildman–Crippen LogP) is 3.68. The smallest absolute Gasteiger partial charge is 0.246 e. The minimum atomic E-state index is -0.0250. The number of anilines is 1. The molecule has 1 atom stereocenters. The van der Waals surface area contributed by atoms with Gasteiger partial charge in [0.15, 0.2) is 0 Å². The number of aryl methyl sites for hydroxylation is 1. The molecule has 7 heteroatoms. The van der Waals surface area contributed by atoms with Crippen molar-refractivity contribution in [2.24, 2.45) is 0 Å². The average Bonchev–Trinajstić information content (AvgIpc) is 3.43. The Morgan fingerprint density at radius 2 is 2.17 bits per heavy atom. The van der Waals surface area contributed by atoms with Crippen LogP contribution < -0.4 is 5.32 Å². The lowest BCUT2D eigenvalue weighted by Gasteiger charge is -2.18. The molecule has 0 spiro atoms. The number of nitrogens with one attached hydrogen (secondary N) is 2. The first-order chi connectivity index (χ1) is 14.7. The lowest BCUT2D eigenvalue weighted by atomic mass is 9.95. The van der Waals surface area contributed by atoms with Crippen molar-refractivity contribution in [3.8, 4) is 11.1 Å². The van der Waals surface area contributed by atoms with Crippen molar-refractivity contribution in [2.45, 2.75) is 19.4 Å². The molecule has 1 unspecified atom stereocenters. The highest BCUT2D eigenvalue weighted by molar-refractivity contribution is 6.06. The number of fused-ring (bicyclic) bond motifs is 2. The van der Waals surface area contributed by atoms with Gasteiger partial charge in [0.25, 0.3) is 0 Å². The Morgan fingerprint density at radius 1 is 1.27 bits per heavy atom. The van der Waals surface area contributed by atoms with Gasteiger partial charge in [0.2, 0.25) is 5.91 Å². The first kappa shape index (κ1) is 18.3. The summed E-state index contributed by atoms with van der Waals surface area (Å²) in [5.74, 6) is -0.0250. The molecule has 0 aliphatic carbocycles. The van der Waals surface area contributed by atoms with Gasteiger partial charge in [-0.3, -0.25) is 9.89 Å². The third-order valence-electron chi connectivity index (χ3n) is 5.81. The molecule has 3 heterocycles. The molecule has 1 amide bonds. The zero-order valence-electron chi connectivity index (χ0n) is 16.7. The first-order valence-electron chi connectivity index (χ1n) is 10.0. The Hall–Kier alpha value is -3.74. The van der Waals surface area contributed by atoms with Crippen molar-refractivity contribution in [1.29, 1.82) is 0 Å². The summed E-state index contributed by atoms with van der Waals surface area (Å²) in [7, 11) is 0. The van der Waals surface area contributed by atoms with Gasteiger partial charge in [0, 0.05) is 35.5 Å². The van der Waals surface area contributed by atoms with Crippen molar-refractivity contribution in [2.75, 3.05) is 18.4 Å². The molecule has 1 fully saturated rings. The van der Waals surface area contributed by atoms with Crippen molar-refractivity contribution < 1.29 is 4.79 Å². The number of aromatic nitrogens is 4. The highest BCUT2D eigenvalue weighted by atomic mass is 16.2. The van der Waals surface area contributed by atoms with Crippen LogP contribution in [-0.2, 0) is 4.79 Å². The van der Waals surface area contributed by atoms with Crippen molar-refractivity contribution in [1.82, 2.24) is 25.3 Å². The second-order valence-electron chi connectivity index (χ2n) is 7.67. The van der Waals surface area contributed by atoms with E-state index in [2.05, 4.69) is 57.4 Å². The van der Waals surface area contributed by atoms with E-state index in [4.69, 9.17) is 0 Å². The second-order valence-corrected chi connectivity index (χ2v) is 7.67. The Morgan fingerprint density at radius 3 is 3.03 bits per heavy atom. The van der Waals surface area contributed by atoms with E-state index in [1.165, 1.54) is 6.08 Å². The van der Waals surface area contributed by atoms with Gasteiger partial charge >= 0.3 is 0 Å². The van der Waals surface area contributed by atoms with Crippen LogP contribution in [0.5, 0.6) is 0 Å². The number of H-pyrrole nitrogens is 1. The summed E-state index contributed by atoms with van der Waals surface area (Å²) >= 11 is 0. The average molecular weight is 398 g/mol. The molecule has 30 heavy (non-hydrogen) atoms. The monoisotopic (exact) mass is 398 g/mol. The van der Waals surface area contributed by atoms with Crippen LogP contribution in [0, 0.1) is 6.92 Å². The topological polar surface area (TPSA) is 86.8 Å². The van der Waals surface area contributed by atoms with Crippen molar-refractivity contribution in [3.05, 3.63) is 60.9 Å². The number of aromatic amines is 1. The number of rotatable bonds is 4. The van der Waals surface area contributed by atoms with E-state index >= 15 is 0 Å². The highest BCUT2D eigenvalue weighted by Gasteiger charge is 2.25. The van der Waals surface area contributed by atoms with Gasteiger partial charge in [-0.1, -0.05) is 30.8 Å². The quantitative estimate of drug-likeness (QED) is 0.512. The van der Waals surface area contributed by atoms with Gasteiger partial charge in [-0.15, -0.1) is 5.10 Å². The molecule has 150 valence electrons.